The third-order valence-corrected chi connectivity index (χ3v) is 3.46. The molecule has 0 aliphatic carbocycles. The highest BCUT2D eigenvalue weighted by Gasteiger charge is 2.17. The fourth-order valence-electron chi connectivity index (χ4n) is 2.24. The van der Waals surface area contributed by atoms with Crippen molar-refractivity contribution in [3.63, 3.8) is 0 Å². The zero-order valence-electron chi connectivity index (χ0n) is 16.6. The van der Waals surface area contributed by atoms with E-state index >= 15 is 0 Å². The third kappa shape index (κ3) is 6.91. The number of nitrogens with zero attached hydrogens (tertiary/aromatic N) is 1. The Balaban J connectivity index is 1.91. The van der Waals surface area contributed by atoms with Crippen molar-refractivity contribution in [1.29, 1.82) is 5.26 Å². The van der Waals surface area contributed by atoms with E-state index < -0.39 is 35.9 Å². The van der Waals surface area contributed by atoms with Crippen LogP contribution in [0, 0.1) is 17.1 Å². The molecule has 0 atom stereocenters. The van der Waals surface area contributed by atoms with Crippen LogP contribution in [0.25, 0.3) is 0 Å². The highest BCUT2D eigenvalue weighted by atomic mass is 19.1. The summed E-state index contributed by atoms with van der Waals surface area (Å²) in [6.45, 7) is 4.62. The molecule has 0 aromatic heterocycles. The van der Waals surface area contributed by atoms with E-state index in [1.165, 1.54) is 36.4 Å². The monoisotopic (exact) mass is 413 g/mol. The average molecular weight is 413 g/mol. The summed E-state index contributed by atoms with van der Waals surface area (Å²) in [6, 6.07) is 10.3. The molecule has 0 spiro atoms. The molecule has 30 heavy (non-hydrogen) atoms. The Morgan fingerprint density at radius 3 is 2.33 bits per heavy atom. The maximum absolute atomic E-state index is 14.1. The second-order valence-electron chi connectivity index (χ2n) is 7.12. The number of rotatable bonds is 5. The van der Waals surface area contributed by atoms with E-state index in [-0.39, 0.29) is 17.0 Å². The van der Waals surface area contributed by atoms with Gasteiger partial charge in [-0.3, -0.25) is 10.1 Å². The first-order valence-electron chi connectivity index (χ1n) is 8.84. The van der Waals surface area contributed by atoms with Gasteiger partial charge < -0.3 is 14.8 Å². The molecule has 9 heteroatoms. The lowest BCUT2D eigenvalue weighted by molar-refractivity contribution is -0.157. The van der Waals surface area contributed by atoms with Gasteiger partial charge in [0, 0.05) is 17.3 Å². The molecular formula is C21H20FN3O5. The SMILES string of the molecule is CC(C)(C)OC(=O)COc1ccc(NC(=O)NC(=O)c2ccc(C#N)cc2)cc1F. The first-order valence-corrected chi connectivity index (χ1v) is 8.84. The van der Waals surface area contributed by atoms with Crippen LogP contribution in [0.4, 0.5) is 14.9 Å². The molecule has 2 N–H and O–H groups in total. The van der Waals surface area contributed by atoms with Gasteiger partial charge in [-0.25, -0.2) is 14.0 Å². The number of benzene rings is 2. The van der Waals surface area contributed by atoms with Gasteiger partial charge in [-0.15, -0.1) is 0 Å². The number of anilines is 1. The van der Waals surface area contributed by atoms with Crippen LogP contribution in [-0.2, 0) is 9.53 Å². The standard InChI is InChI=1S/C21H20FN3O5/c1-21(2,3)30-18(26)12-29-17-9-8-15(10-16(17)22)24-20(28)25-19(27)14-6-4-13(11-23)5-7-14/h4-10H,12H2,1-3H3,(H2,24,25,27,28). The molecule has 0 aliphatic rings. The lowest BCUT2D eigenvalue weighted by Gasteiger charge is -2.19. The van der Waals surface area contributed by atoms with Crippen molar-refractivity contribution in [3.05, 3.63) is 59.4 Å². The Morgan fingerprint density at radius 2 is 1.77 bits per heavy atom. The number of ether oxygens (including phenoxy) is 2. The highest BCUT2D eigenvalue weighted by Crippen LogP contribution is 2.21. The van der Waals surface area contributed by atoms with E-state index in [0.717, 1.165) is 6.07 Å². The van der Waals surface area contributed by atoms with Crippen molar-refractivity contribution in [1.82, 2.24) is 5.32 Å². The maximum Gasteiger partial charge on any atom is 0.344 e. The van der Waals surface area contributed by atoms with Gasteiger partial charge in [0.15, 0.2) is 18.2 Å². The lowest BCUT2D eigenvalue weighted by Crippen LogP contribution is -2.34. The van der Waals surface area contributed by atoms with Gasteiger partial charge in [0.05, 0.1) is 11.6 Å². The average Bonchev–Trinajstić information content (AvgIpc) is 2.66. The first kappa shape index (κ1) is 22.4. The van der Waals surface area contributed by atoms with Crippen molar-refractivity contribution in [3.8, 4) is 11.8 Å². The molecular weight excluding hydrogens is 393 g/mol. The second kappa shape index (κ2) is 9.52. The van der Waals surface area contributed by atoms with Gasteiger partial charge in [0.2, 0.25) is 0 Å². The molecule has 0 unspecified atom stereocenters. The van der Waals surface area contributed by atoms with Gasteiger partial charge in [0.25, 0.3) is 5.91 Å². The Kier molecular flexibility index (Phi) is 7.09. The fraction of sp³-hybridized carbons (Fsp3) is 0.238. The molecule has 156 valence electrons. The van der Waals surface area contributed by atoms with E-state index in [4.69, 9.17) is 14.7 Å². The van der Waals surface area contributed by atoms with Crippen LogP contribution in [0.3, 0.4) is 0 Å². The van der Waals surface area contributed by atoms with Crippen molar-refractivity contribution in [2.45, 2.75) is 26.4 Å². The Bertz CT molecular complexity index is 991. The predicted octanol–water partition coefficient (Wildman–Crippen LogP) is 3.38. The van der Waals surface area contributed by atoms with Crippen molar-refractivity contribution in [2.75, 3.05) is 11.9 Å². The Morgan fingerprint density at radius 1 is 1.10 bits per heavy atom. The smallest absolute Gasteiger partial charge is 0.344 e. The number of nitriles is 1. The first-order chi connectivity index (χ1) is 14.1. The summed E-state index contributed by atoms with van der Waals surface area (Å²) < 4.78 is 24.3. The van der Waals surface area contributed by atoms with E-state index in [0.29, 0.717) is 5.56 Å². The fourth-order valence-corrected chi connectivity index (χ4v) is 2.24. The van der Waals surface area contributed by atoms with E-state index in [2.05, 4.69) is 10.6 Å². The molecule has 0 aliphatic heterocycles. The molecule has 0 heterocycles. The lowest BCUT2D eigenvalue weighted by atomic mass is 10.1. The van der Waals surface area contributed by atoms with Crippen LogP contribution >= 0.6 is 0 Å². The maximum atomic E-state index is 14.1. The third-order valence-electron chi connectivity index (χ3n) is 3.46. The topological polar surface area (TPSA) is 118 Å². The number of imide groups is 1. The minimum atomic E-state index is -0.869. The molecule has 2 rings (SSSR count). The molecule has 0 radical (unpaired) electrons. The van der Waals surface area contributed by atoms with E-state index in [9.17, 15) is 18.8 Å². The second-order valence-corrected chi connectivity index (χ2v) is 7.12. The molecule has 3 amide bonds. The predicted molar refractivity (Wildman–Crippen MR) is 105 cm³/mol. The van der Waals surface area contributed by atoms with Crippen molar-refractivity contribution in [2.24, 2.45) is 0 Å². The summed E-state index contributed by atoms with van der Waals surface area (Å²) in [7, 11) is 0. The number of carbonyl (C=O) groups is 3. The molecule has 0 bridgehead atoms. The molecule has 8 nitrogen and oxygen atoms in total. The van der Waals surface area contributed by atoms with Crippen LogP contribution in [0.1, 0.15) is 36.7 Å². The van der Waals surface area contributed by atoms with Crippen LogP contribution in [-0.4, -0.2) is 30.1 Å². The quantitative estimate of drug-likeness (QED) is 0.726. The Labute approximate surface area is 172 Å². The van der Waals surface area contributed by atoms with Gasteiger partial charge in [-0.1, -0.05) is 0 Å². The number of carbonyl (C=O) groups excluding carboxylic acids is 3. The molecule has 2 aromatic carbocycles. The summed E-state index contributed by atoms with van der Waals surface area (Å²) in [5.74, 6) is -2.34. The summed E-state index contributed by atoms with van der Waals surface area (Å²) in [6.07, 6.45) is 0. The molecule has 0 fully saturated rings. The molecule has 2 aromatic rings. The van der Waals surface area contributed by atoms with Gasteiger partial charge >= 0.3 is 12.0 Å². The summed E-state index contributed by atoms with van der Waals surface area (Å²) in [5, 5.41) is 13.2. The van der Waals surface area contributed by atoms with Gasteiger partial charge in [-0.2, -0.15) is 5.26 Å². The van der Waals surface area contributed by atoms with E-state index in [1.54, 1.807) is 20.8 Å². The largest absolute Gasteiger partial charge is 0.479 e. The van der Waals surface area contributed by atoms with Gasteiger partial charge in [-0.05, 0) is 57.2 Å². The number of amides is 3. The summed E-state index contributed by atoms with van der Waals surface area (Å²) in [5.41, 5.74) is -0.0566. The summed E-state index contributed by atoms with van der Waals surface area (Å²) in [4.78, 5) is 35.6. The zero-order chi connectivity index (χ0) is 22.3. The number of nitrogens with one attached hydrogen (secondary N) is 2. The number of hydrogen-bond acceptors (Lipinski definition) is 6. The number of hydrogen-bond donors (Lipinski definition) is 2. The van der Waals surface area contributed by atoms with E-state index in [1.807, 2.05) is 6.07 Å². The van der Waals surface area contributed by atoms with Crippen LogP contribution in [0.15, 0.2) is 42.5 Å². The van der Waals surface area contributed by atoms with Crippen LogP contribution in [0.2, 0.25) is 0 Å². The van der Waals surface area contributed by atoms with Crippen molar-refractivity contribution < 1.29 is 28.2 Å². The molecule has 0 saturated heterocycles. The Hall–Kier alpha value is -3.93. The number of halogens is 1. The van der Waals surface area contributed by atoms with Crippen molar-refractivity contribution >= 4 is 23.6 Å². The zero-order valence-corrected chi connectivity index (χ0v) is 16.6. The summed E-state index contributed by atoms with van der Waals surface area (Å²) >= 11 is 0. The van der Waals surface area contributed by atoms with Crippen LogP contribution in [0.5, 0.6) is 5.75 Å². The normalized spacial score (nSPS) is 10.5. The number of urea groups is 1. The number of esters is 1. The highest BCUT2D eigenvalue weighted by molar-refractivity contribution is 6.08. The minimum Gasteiger partial charge on any atom is -0.479 e. The molecule has 0 saturated carbocycles. The minimum absolute atomic E-state index is 0.0715. The van der Waals surface area contributed by atoms with Crippen LogP contribution < -0.4 is 15.4 Å². The van der Waals surface area contributed by atoms with Gasteiger partial charge in [0.1, 0.15) is 5.60 Å².